The van der Waals surface area contributed by atoms with Gasteiger partial charge in [-0.05, 0) is 70.6 Å². The van der Waals surface area contributed by atoms with Crippen LogP contribution < -0.4 is 0 Å². The summed E-state index contributed by atoms with van der Waals surface area (Å²) in [5.41, 5.74) is 0. The maximum atomic E-state index is 12.8. The first-order chi connectivity index (χ1) is 30.6. The van der Waals surface area contributed by atoms with E-state index in [-0.39, 0.29) is 25.2 Å². The molecule has 0 saturated carbocycles. The van der Waals surface area contributed by atoms with Crippen LogP contribution >= 0.6 is 0 Å². The fraction of sp³-hybridized carbons (Fsp3) is 0.825. The fourth-order valence-electron chi connectivity index (χ4n) is 7.76. The molecule has 0 rings (SSSR count). The van der Waals surface area contributed by atoms with Gasteiger partial charge in [0, 0.05) is 19.4 Å². The number of ether oxygens (including phenoxy) is 3. The molecule has 0 aromatic rings. The van der Waals surface area contributed by atoms with Gasteiger partial charge in [-0.1, -0.05) is 243 Å². The number of rotatable bonds is 50. The van der Waals surface area contributed by atoms with E-state index in [9.17, 15) is 9.59 Å². The zero-order valence-electron chi connectivity index (χ0n) is 41.6. The van der Waals surface area contributed by atoms with Crippen molar-refractivity contribution in [2.24, 2.45) is 0 Å². The van der Waals surface area contributed by atoms with E-state index in [0.717, 1.165) is 77.0 Å². The molecule has 1 atom stereocenters. The largest absolute Gasteiger partial charge is 0.462 e. The Morgan fingerprint density at radius 3 is 1.13 bits per heavy atom. The van der Waals surface area contributed by atoms with Gasteiger partial charge in [0.1, 0.15) is 6.61 Å². The van der Waals surface area contributed by atoms with Crippen LogP contribution in [-0.4, -0.2) is 37.9 Å². The summed E-state index contributed by atoms with van der Waals surface area (Å²) < 4.78 is 17.4. The highest BCUT2D eigenvalue weighted by Crippen LogP contribution is 2.16. The van der Waals surface area contributed by atoms with Crippen molar-refractivity contribution in [1.82, 2.24) is 0 Å². The predicted molar refractivity (Wildman–Crippen MR) is 270 cm³/mol. The Bertz CT molecular complexity index is 1030. The molecule has 0 N–H and O–H groups in total. The average molecular weight is 869 g/mol. The minimum absolute atomic E-state index is 0.0751. The minimum Gasteiger partial charge on any atom is -0.462 e. The van der Waals surface area contributed by atoms with Gasteiger partial charge in [-0.2, -0.15) is 0 Å². The second-order valence-corrected chi connectivity index (χ2v) is 18.1. The molecule has 5 nitrogen and oxygen atoms in total. The Morgan fingerprint density at radius 1 is 0.355 bits per heavy atom. The van der Waals surface area contributed by atoms with Crippen molar-refractivity contribution < 1.29 is 23.8 Å². The molecule has 0 bridgehead atoms. The van der Waals surface area contributed by atoms with Gasteiger partial charge >= 0.3 is 11.9 Å². The van der Waals surface area contributed by atoms with E-state index in [1.807, 2.05) is 0 Å². The maximum absolute atomic E-state index is 12.8. The van der Waals surface area contributed by atoms with Crippen LogP contribution in [0.2, 0.25) is 0 Å². The van der Waals surface area contributed by atoms with Crippen LogP contribution in [0.1, 0.15) is 278 Å². The zero-order chi connectivity index (χ0) is 44.9. The molecule has 0 aliphatic rings. The first kappa shape index (κ1) is 59.9. The molecule has 5 heteroatoms. The molecule has 362 valence electrons. The van der Waals surface area contributed by atoms with Gasteiger partial charge in [-0.3, -0.25) is 9.59 Å². The van der Waals surface area contributed by atoms with Crippen LogP contribution in [0.25, 0.3) is 0 Å². The van der Waals surface area contributed by atoms with Crippen LogP contribution in [0.15, 0.2) is 48.6 Å². The van der Waals surface area contributed by atoms with Gasteiger partial charge in [-0.15, -0.1) is 0 Å². The molecule has 0 fully saturated rings. The SMILES string of the molecule is CCC/C=C\C/C=C\CCCCCCCC(=O)OCC(COCCCCCCCCCCCCCCCCCCCCCC)OC(=O)CCCCCCC/C=C\C/C=C\CCC. The lowest BCUT2D eigenvalue weighted by molar-refractivity contribution is -0.163. The Hall–Kier alpha value is -2.14. The van der Waals surface area contributed by atoms with Gasteiger partial charge < -0.3 is 14.2 Å². The van der Waals surface area contributed by atoms with Crippen molar-refractivity contribution in [2.45, 2.75) is 284 Å². The number of hydrogen-bond acceptors (Lipinski definition) is 5. The lowest BCUT2D eigenvalue weighted by atomic mass is 10.0. The van der Waals surface area contributed by atoms with E-state index in [1.165, 1.54) is 167 Å². The van der Waals surface area contributed by atoms with Gasteiger partial charge in [0.05, 0.1) is 6.61 Å². The number of carbonyl (C=O) groups excluding carboxylic acids is 2. The molecule has 0 aliphatic heterocycles. The highest BCUT2D eigenvalue weighted by Gasteiger charge is 2.17. The highest BCUT2D eigenvalue weighted by molar-refractivity contribution is 5.70. The summed E-state index contributed by atoms with van der Waals surface area (Å²) in [4.78, 5) is 25.4. The van der Waals surface area contributed by atoms with E-state index in [2.05, 4.69) is 69.4 Å². The van der Waals surface area contributed by atoms with Crippen molar-refractivity contribution in [3.63, 3.8) is 0 Å². The van der Waals surface area contributed by atoms with E-state index in [0.29, 0.717) is 19.4 Å². The van der Waals surface area contributed by atoms with Crippen LogP contribution in [0, 0.1) is 0 Å². The normalized spacial score (nSPS) is 12.5. The highest BCUT2D eigenvalue weighted by atomic mass is 16.6. The molecular weight excluding hydrogens is 765 g/mol. The first-order valence-electron chi connectivity index (χ1n) is 27.2. The molecule has 0 aromatic carbocycles. The molecule has 62 heavy (non-hydrogen) atoms. The van der Waals surface area contributed by atoms with Gasteiger partial charge in [0.15, 0.2) is 6.10 Å². The van der Waals surface area contributed by atoms with Crippen LogP contribution in [0.4, 0.5) is 0 Å². The Balaban J connectivity index is 4.21. The molecule has 0 saturated heterocycles. The second-order valence-electron chi connectivity index (χ2n) is 18.1. The topological polar surface area (TPSA) is 61.8 Å². The van der Waals surface area contributed by atoms with Crippen LogP contribution in [-0.2, 0) is 23.8 Å². The van der Waals surface area contributed by atoms with E-state index >= 15 is 0 Å². The molecule has 0 aliphatic carbocycles. The smallest absolute Gasteiger partial charge is 0.306 e. The van der Waals surface area contributed by atoms with Gasteiger partial charge in [0.25, 0.3) is 0 Å². The van der Waals surface area contributed by atoms with Crippen molar-refractivity contribution in [1.29, 1.82) is 0 Å². The van der Waals surface area contributed by atoms with Crippen LogP contribution in [0.5, 0.6) is 0 Å². The van der Waals surface area contributed by atoms with Crippen molar-refractivity contribution in [3.8, 4) is 0 Å². The molecule has 0 heterocycles. The third kappa shape index (κ3) is 50.5. The third-order valence-corrected chi connectivity index (χ3v) is 11.8. The monoisotopic (exact) mass is 869 g/mol. The molecule has 0 amide bonds. The molecule has 0 spiro atoms. The quantitative estimate of drug-likeness (QED) is 0.0346. The maximum Gasteiger partial charge on any atom is 0.306 e. The number of allylic oxidation sites excluding steroid dienone is 8. The summed E-state index contributed by atoms with van der Waals surface area (Å²) in [6, 6.07) is 0. The van der Waals surface area contributed by atoms with Gasteiger partial charge in [-0.25, -0.2) is 0 Å². The summed E-state index contributed by atoms with van der Waals surface area (Å²) in [5, 5.41) is 0. The Labute approximate surface area is 386 Å². The van der Waals surface area contributed by atoms with Crippen LogP contribution in [0.3, 0.4) is 0 Å². The van der Waals surface area contributed by atoms with E-state index < -0.39 is 6.10 Å². The van der Waals surface area contributed by atoms with Gasteiger partial charge in [0.2, 0.25) is 0 Å². The third-order valence-electron chi connectivity index (χ3n) is 11.8. The molecular formula is C57H104O5. The second kappa shape index (κ2) is 53.2. The lowest BCUT2D eigenvalue weighted by Gasteiger charge is -2.18. The fourth-order valence-corrected chi connectivity index (χ4v) is 7.76. The summed E-state index contributed by atoms with van der Waals surface area (Å²) in [6.07, 6.45) is 65.6. The standard InChI is InChI=1S/C57H104O5/c1-4-7-10-13-16-19-22-25-26-27-28-29-30-31-34-37-40-43-46-49-52-60-53-55(62-57(59)51-48-45-42-39-36-33-24-21-18-15-12-9-6-3)54-61-56(58)50-47-44-41-38-35-32-23-20-17-14-11-8-5-2/h11-12,14-15,20-21,23-24,55H,4-10,13,16-19,22,25-54H2,1-3H3/b14-11-,15-12-,23-20-,24-21-. The molecule has 0 aromatic heterocycles. The first-order valence-corrected chi connectivity index (χ1v) is 27.2. The summed E-state index contributed by atoms with van der Waals surface area (Å²) in [7, 11) is 0. The Morgan fingerprint density at radius 2 is 0.710 bits per heavy atom. The number of carbonyl (C=O) groups is 2. The number of esters is 2. The zero-order valence-corrected chi connectivity index (χ0v) is 41.6. The minimum atomic E-state index is -0.546. The average Bonchev–Trinajstić information content (AvgIpc) is 3.27. The summed E-state index contributed by atoms with van der Waals surface area (Å²) >= 11 is 0. The lowest BCUT2D eigenvalue weighted by Crippen LogP contribution is -2.30. The van der Waals surface area contributed by atoms with Crippen molar-refractivity contribution >= 4 is 11.9 Å². The van der Waals surface area contributed by atoms with Crippen molar-refractivity contribution in [2.75, 3.05) is 19.8 Å². The van der Waals surface area contributed by atoms with Crippen molar-refractivity contribution in [3.05, 3.63) is 48.6 Å². The number of unbranched alkanes of at least 4 members (excludes halogenated alkanes) is 31. The molecule has 0 radical (unpaired) electrons. The van der Waals surface area contributed by atoms with E-state index in [1.54, 1.807) is 0 Å². The summed E-state index contributed by atoms with van der Waals surface area (Å²) in [5.74, 6) is -0.419. The number of hydrogen-bond donors (Lipinski definition) is 0. The molecule has 1 unspecified atom stereocenters. The Kier molecular flexibility index (Phi) is 51.4. The summed E-state index contributed by atoms with van der Waals surface area (Å²) in [6.45, 7) is 7.71. The van der Waals surface area contributed by atoms with E-state index in [4.69, 9.17) is 14.2 Å². The predicted octanol–water partition coefficient (Wildman–Crippen LogP) is 18.3.